The lowest BCUT2D eigenvalue weighted by atomic mass is 9.76. The number of rotatable bonds is 4. The van der Waals surface area contributed by atoms with E-state index < -0.39 is 0 Å². The van der Waals surface area contributed by atoms with Crippen molar-refractivity contribution < 1.29 is 0 Å². The summed E-state index contributed by atoms with van der Waals surface area (Å²) >= 11 is 0. The minimum absolute atomic E-state index is 0.957. The summed E-state index contributed by atoms with van der Waals surface area (Å²) in [5.41, 5.74) is 0. The van der Waals surface area contributed by atoms with Crippen molar-refractivity contribution >= 4 is 0 Å². The van der Waals surface area contributed by atoms with Crippen LogP contribution in [0.2, 0.25) is 0 Å². The van der Waals surface area contributed by atoms with Crippen LogP contribution in [0.4, 0.5) is 0 Å². The van der Waals surface area contributed by atoms with Crippen LogP contribution in [0, 0.1) is 17.8 Å². The van der Waals surface area contributed by atoms with E-state index >= 15 is 0 Å². The second-order valence-corrected chi connectivity index (χ2v) is 6.41. The van der Waals surface area contributed by atoms with E-state index in [2.05, 4.69) is 30.8 Å². The van der Waals surface area contributed by atoms with Gasteiger partial charge in [0.05, 0.1) is 0 Å². The van der Waals surface area contributed by atoms with Gasteiger partial charge in [0.15, 0.2) is 0 Å². The Hall–Kier alpha value is -0.0800. The van der Waals surface area contributed by atoms with Crippen molar-refractivity contribution in [2.24, 2.45) is 17.8 Å². The summed E-state index contributed by atoms with van der Waals surface area (Å²) in [4.78, 5) is 5.05. The quantitative estimate of drug-likeness (QED) is 0.723. The normalized spacial score (nSPS) is 33.0. The third kappa shape index (κ3) is 3.46. The van der Waals surface area contributed by atoms with Crippen LogP contribution in [0.5, 0.6) is 0 Å². The summed E-state index contributed by atoms with van der Waals surface area (Å²) in [6.45, 7) is 7.67. The zero-order valence-electron chi connectivity index (χ0n) is 11.3. The third-order valence-corrected chi connectivity index (χ3v) is 4.45. The van der Waals surface area contributed by atoms with E-state index in [1.54, 1.807) is 0 Å². The van der Waals surface area contributed by atoms with E-state index in [0.29, 0.717) is 0 Å². The van der Waals surface area contributed by atoms with Gasteiger partial charge < -0.3 is 9.80 Å². The molecule has 0 aromatic heterocycles. The van der Waals surface area contributed by atoms with E-state index in [4.69, 9.17) is 0 Å². The first-order valence-electron chi connectivity index (χ1n) is 7.00. The third-order valence-electron chi connectivity index (χ3n) is 4.45. The average Bonchev–Trinajstić information content (AvgIpc) is 2.19. The molecule has 1 aliphatic carbocycles. The standard InChI is InChI=1S/C14H28N2/c1-12-8-14(9-12)11-16(3)10-13-4-6-15(2)7-5-13/h12-14H,4-11H2,1-3H3. The number of nitrogens with zero attached hydrogens (tertiary/aromatic N) is 2. The fourth-order valence-corrected chi connectivity index (χ4v) is 3.42. The van der Waals surface area contributed by atoms with Gasteiger partial charge in [0, 0.05) is 13.1 Å². The van der Waals surface area contributed by atoms with E-state index in [0.717, 1.165) is 17.8 Å². The fourth-order valence-electron chi connectivity index (χ4n) is 3.42. The number of likely N-dealkylation sites (tertiary alicyclic amines) is 1. The van der Waals surface area contributed by atoms with Crippen LogP contribution in [0.1, 0.15) is 32.6 Å². The van der Waals surface area contributed by atoms with Crippen LogP contribution in [0.25, 0.3) is 0 Å². The first-order chi connectivity index (χ1) is 7.63. The van der Waals surface area contributed by atoms with Gasteiger partial charge in [0.1, 0.15) is 0 Å². The molecule has 2 rings (SSSR count). The molecule has 2 nitrogen and oxygen atoms in total. The summed E-state index contributed by atoms with van der Waals surface area (Å²) in [5.74, 6) is 2.96. The molecule has 0 aromatic carbocycles. The van der Waals surface area contributed by atoms with Crippen molar-refractivity contribution in [1.29, 1.82) is 0 Å². The molecule has 2 aliphatic rings. The molecule has 1 aliphatic heterocycles. The van der Waals surface area contributed by atoms with Gasteiger partial charge in [-0.15, -0.1) is 0 Å². The van der Waals surface area contributed by atoms with E-state index in [1.807, 2.05) is 0 Å². The van der Waals surface area contributed by atoms with E-state index in [-0.39, 0.29) is 0 Å². The summed E-state index contributed by atoms with van der Waals surface area (Å²) in [6.07, 6.45) is 5.75. The van der Waals surface area contributed by atoms with Gasteiger partial charge in [-0.2, -0.15) is 0 Å². The van der Waals surface area contributed by atoms with Crippen LogP contribution in [0.3, 0.4) is 0 Å². The molecular weight excluding hydrogens is 196 g/mol. The minimum atomic E-state index is 0.957. The summed E-state index contributed by atoms with van der Waals surface area (Å²) in [5, 5.41) is 0. The van der Waals surface area contributed by atoms with Gasteiger partial charge in [-0.25, -0.2) is 0 Å². The molecule has 1 heterocycles. The highest BCUT2D eigenvalue weighted by atomic mass is 15.1. The maximum absolute atomic E-state index is 2.59. The maximum Gasteiger partial charge on any atom is 0.000767 e. The van der Waals surface area contributed by atoms with Crippen LogP contribution in [0.15, 0.2) is 0 Å². The molecule has 0 aromatic rings. The molecule has 2 fully saturated rings. The number of hydrogen-bond acceptors (Lipinski definition) is 2. The topological polar surface area (TPSA) is 6.48 Å². The van der Waals surface area contributed by atoms with E-state index in [9.17, 15) is 0 Å². The predicted octanol–water partition coefficient (Wildman–Crippen LogP) is 2.31. The summed E-state index contributed by atoms with van der Waals surface area (Å²) in [7, 11) is 4.57. The Balaban J connectivity index is 1.61. The monoisotopic (exact) mass is 224 g/mol. The predicted molar refractivity (Wildman–Crippen MR) is 69.6 cm³/mol. The Bertz CT molecular complexity index is 203. The molecule has 0 amide bonds. The molecule has 0 N–H and O–H groups in total. The Kier molecular flexibility index (Phi) is 4.26. The van der Waals surface area contributed by atoms with Crippen LogP contribution < -0.4 is 0 Å². The van der Waals surface area contributed by atoms with Crippen molar-refractivity contribution in [1.82, 2.24) is 9.80 Å². The Morgan fingerprint density at radius 2 is 1.62 bits per heavy atom. The molecule has 1 saturated heterocycles. The van der Waals surface area contributed by atoms with Gasteiger partial charge in [0.25, 0.3) is 0 Å². The SMILES string of the molecule is CC1CC(CN(C)CC2CCN(C)CC2)C1. The molecule has 0 bridgehead atoms. The summed E-state index contributed by atoms with van der Waals surface area (Å²) < 4.78 is 0. The van der Waals surface area contributed by atoms with Crippen molar-refractivity contribution in [3.8, 4) is 0 Å². The van der Waals surface area contributed by atoms with Gasteiger partial charge in [-0.1, -0.05) is 6.92 Å². The molecule has 0 spiro atoms. The van der Waals surface area contributed by atoms with Gasteiger partial charge in [-0.05, 0) is 70.6 Å². The molecular formula is C14H28N2. The van der Waals surface area contributed by atoms with Crippen LogP contribution >= 0.6 is 0 Å². The Morgan fingerprint density at radius 1 is 1.06 bits per heavy atom. The zero-order valence-corrected chi connectivity index (χ0v) is 11.3. The second kappa shape index (κ2) is 5.50. The summed E-state index contributed by atoms with van der Waals surface area (Å²) in [6, 6.07) is 0. The first-order valence-corrected chi connectivity index (χ1v) is 7.00. The Labute approximate surface area is 101 Å². The van der Waals surface area contributed by atoms with E-state index in [1.165, 1.54) is 51.9 Å². The smallest absolute Gasteiger partial charge is 0.000767 e. The highest BCUT2D eigenvalue weighted by Crippen LogP contribution is 2.33. The average molecular weight is 224 g/mol. The maximum atomic E-state index is 2.59. The zero-order chi connectivity index (χ0) is 11.5. The van der Waals surface area contributed by atoms with Gasteiger partial charge in [-0.3, -0.25) is 0 Å². The molecule has 1 saturated carbocycles. The van der Waals surface area contributed by atoms with Crippen LogP contribution in [-0.2, 0) is 0 Å². The van der Waals surface area contributed by atoms with Crippen LogP contribution in [-0.4, -0.2) is 50.1 Å². The molecule has 2 heteroatoms. The number of piperidine rings is 1. The Morgan fingerprint density at radius 3 is 2.19 bits per heavy atom. The minimum Gasteiger partial charge on any atom is -0.306 e. The molecule has 94 valence electrons. The lowest BCUT2D eigenvalue weighted by Gasteiger charge is -2.37. The van der Waals surface area contributed by atoms with Gasteiger partial charge in [0.2, 0.25) is 0 Å². The number of hydrogen-bond donors (Lipinski definition) is 0. The molecule has 0 unspecified atom stereocenters. The lowest BCUT2D eigenvalue weighted by Crippen LogP contribution is -2.39. The fraction of sp³-hybridized carbons (Fsp3) is 1.00. The van der Waals surface area contributed by atoms with Crippen molar-refractivity contribution in [2.45, 2.75) is 32.6 Å². The van der Waals surface area contributed by atoms with Crippen molar-refractivity contribution in [3.63, 3.8) is 0 Å². The molecule has 0 atom stereocenters. The molecule has 16 heavy (non-hydrogen) atoms. The van der Waals surface area contributed by atoms with Crippen molar-refractivity contribution in [2.75, 3.05) is 40.3 Å². The highest BCUT2D eigenvalue weighted by Gasteiger charge is 2.27. The lowest BCUT2D eigenvalue weighted by molar-refractivity contribution is 0.122. The largest absolute Gasteiger partial charge is 0.306 e. The molecule has 0 radical (unpaired) electrons. The highest BCUT2D eigenvalue weighted by molar-refractivity contribution is 4.80. The first kappa shape index (κ1) is 12.4. The second-order valence-electron chi connectivity index (χ2n) is 6.41. The van der Waals surface area contributed by atoms with Gasteiger partial charge >= 0.3 is 0 Å². The van der Waals surface area contributed by atoms with Crippen molar-refractivity contribution in [3.05, 3.63) is 0 Å².